The van der Waals surface area contributed by atoms with Crippen LogP contribution in [0.5, 0.6) is 0 Å². The highest BCUT2D eigenvalue weighted by Crippen LogP contribution is 2.64. The molecule has 120 valence electrons. The number of carbonyl (C=O) groups is 2. The van der Waals surface area contributed by atoms with Crippen LogP contribution in [-0.2, 0) is 9.59 Å². The Balaban J connectivity index is 1.71. The molecule has 22 heavy (non-hydrogen) atoms. The van der Waals surface area contributed by atoms with Gasteiger partial charge in [-0.3, -0.25) is 9.59 Å². The fourth-order valence-corrected chi connectivity index (χ4v) is 6.67. The molecule has 2 nitrogen and oxygen atoms in total. The zero-order chi connectivity index (χ0) is 15.7. The summed E-state index contributed by atoms with van der Waals surface area (Å²) in [5, 5.41) is 0. The second kappa shape index (κ2) is 4.55. The summed E-state index contributed by atoms with van der Waals surface area (Å²) in [6.07, 6.45) is 9.45. The number of hydrogen-bond donors (Lipinski definition) is 0. The van der Waals surface area contributed by atoms with Gasteiger partial charge in [-0.2, -0.15) is 0 Å². The quantitative estimate of drug-likeness (QED) is 0.667. The molecule has 2 heteroatoms. The molecule has 4 aliphatic rings. The second-order valence-corrected chi connectivity index (χ2v) is 8.93. The van der Waals surface area contributed by atoms with E-state index in [2.05, 4.69) is 20.8 Å². The van der Waals surface area contributed by atoms with Crippen molar-refractivity contribution in [3.63, 3.8) is 0 Å². The average Bonchev–Trinajstić information content (AvgIpc) is 2.77. The van der Waals surface area contributed by atoms with Gasteiger partial charge in [0.15, 0.2) is 5.78 Å². The van der Waals surface area contributed by atoms with Crippen molar-refractivity contribution < 1.29 is 9.59 Å². The van der Waals surface area contributed by atoms with Gasteiger partial charge in [-0.15, -0.1) is 0 Å². The van der Waals surface area contributed by atoms with E-state index in [-0.39, 0.29) is 16.7 Å². The molecule has 6 atom stereocenters. The van der Waals surface area contributed by atoms with E-state index in [1.165, 1.54) is 18.4 Å². The fourth-order valence-electron chi connectivity index (χ4n) is 6.67. The molecule has 0 aromatic heterocycles. The number of rotatable bonds is 0. The van der Waals surface area contributed by atoms with Gasteiger partial charge in [0.05, 0.1) is 0 Å². The minimum absolute atomic E-state index is 0.0329. The van der Waals surface area contributed by atoms with Crippen LogP contribution >= 0.6 is 0 Å². The molecule has 0 aliphatic heterocycles. The van der Waals surface area contributed by atoms with Crippen LogP contribution in [0.4, 0.5) is 0 Å². The molecule has 0 aromatic carbocycles. The Morgan fingerprint density at radius 1 is 1.00 bits per heavy atom. The number of allylic oxidation sites excluding steroid dienone is 1. The van der Waals surface area contributed by atoms with Gasteiger partial charge in [-0.05, 0) is 67.8 Å². The molecule has 0 amide bonds. The largest absolute Gasteiger partial charge is 0.299 e. The summed E-state index contributed by atoms with van der Waals surface area (Å²) in [6.45, 7) is 6.75. The summed E-state index contributed by atoms with van der Waals surface area (Å²) in [6, 6.07) is 0. The van der Waals surface area contributed by atoms with Gasteiger partial charge in [-0.1, -0.05) is 26.3 Å². The van der Waals surface area contributed by atoms with Crippen LogP contribution in [0.15, 0.2) is 11.6 Å². The highest BCUT2D eigenvalue weighted by atomic mass is 16.1. The van der Waals surface area contributed by atoms with Gasteiger partial charge in [-0.25, -0.2) is 0 Å². The van der Waals surface area contributed by atoms with Gasteiger partial charge >= 0.3 is 0 Å². The Morgan fingerprint density at radius 3 is 2.50 bits per heavy atom. The molecular weight excluding hydrogens is 272 g/mol. The van der Waals surface area contributed by atoms with Gasteiger partial charge < -0.3 is 0 Å². The maximum Gasteiger partial charge on any atom is 0.158 e. The van der Waals surface area contributed by atoms with Gasteiger partial charge in [0.1, 0.15) is 5.78 Å². The third-order valence-electron chi connectivity index (χ3n) is 7.98. The lowest BCUT2D eigenvalue weighted by Crippen LogP contribution is -2.51. The van der Waals surface area contributed by atoms with Crippen molar-refractivity contribution in [3.8, 4) is 0 Å². The standard InChI is InChI=1S/C20H28O2/c1-12-11-20(3)13(10-17(12)21)4-5-14-15-6-7-18(22)19(15,2)9-8-16(14)20/h10,12,14-16H,4-9,11H2,1-3H3/t12-,14-,15-,16-,19-,20-/m0/s1. The van der Waals surface area contributed by atoms with E-state index in [9.17, 15) is 9.59 Å². The lowest BCUT2D eigenvalue weighted by Gasteiger charge is -2.57. The van der Waals surface area contributed by atoms with Crippen molar-refractivity contribution in [1.82, 2.24) is 0 Å². The molecule has 4 aliphatic carbocycles. The van der Waals surface area contributed by atoms with Crippen LogP contribution in [0.3, 0.4) is 0 Å². The SMILES string of the molecule is C[C@H]1C[C@@]2(C)C(=CC1=O)CC[C@@H]1[C@@H]2CC[C@]2(C)C(=O)CC[C@@H]12. The van der Waals surface area contributed by atoms with Crippen molar-refractivity contribution in [2.24, 2.45) is 34.5 Å². The molecule has 3 saturated carbocycles. The predicted octanol–water partition coefficient (Wildman–Crippen LogP) is 4.33. The Hall–Kier alpha value is -0.920. The zero-order valence-corrected chi connectivity index (χ0v) is 14.2. The van der Waals surface area contributed by atoms with Gasteiger partial charge in [0.25, 0.3) is 0 Å². The Kier molecular flexibility index (Phi) is 3.03. The highest BCUT2D eigenvalue weighted by molar-refractivity contribution is 5.93. The lowest BCUT2D eigenvalue weighted by atomic mass is 9.47. The number of fused-ring (bicyclic) bond motifs is 5. The smallest absolute Gasteiger partial charge is 0.158 e. The Morgan fingerprint density at radius 2 is 1.73 bits per heavy atom. The van der Waals surface area contributed by atoms with E-state index < -0.39 is 0 Å². The summed E-state index contributed by atoms with van der Waals surface area (Å²) in [7, 11) is 0. The van der Waals surface area contributed by atoms with Crippen molar-refractivity contribution >= 4 is 11.6 Å². The number of carbonyl (C=O) groups excluding carboxylic acids is 2. The molecule has 0 radical (unpaired) electrons. The van der Waals surface area contributed by atoms with Crippen LogP contribution in [-0.4, -0.2) is 11.6 Å². The Labute approximate surface area is 133 Å². The van der Waals surface area contributed by atoms with Gasteiger partial charge in [0.2, 0.25) is 0 Å². The summed E-state index contributed by atoms with van der Waals surface area (Å²) in [5.41, 5.74) is 1.60. The molecule has 0 heterocycles. The third kappa shape index (κ3) is 1.73. The third-order valence-corrected chi connectivity index (χ3v) is 7.98. The minimum atomic E-state index is -0.0329. The summed E-state index contributed by atoms with van der Waals surface area (Å²) in [4.78, 5) is 24.5. The fraction of sp³-hybridized carbons (Fsp3) is 0.800. The Bertz CT molecular complexity index is 574. The molecule has 0 saturated heterocycles. The summed E-state index contributed by atoms with van der Waals surface area (Å²) in [5.74, 6) is 3.02. The molecule has 0 aromatic rings. The first kappa shape index (κ1) is 14.7. The van der Waals surface area contributed by atoms with Crippen LogP contribution in [0, 0.1) is 34.5 Å². The topological polar surface area (TPSA) is 34.1 Å². The summed E-state index contributed by atoms with van der Waals surface area (Å²) < 4.78 is 0. The first-order valence-corrected chi connectivity index (χ1v) is 9.14. The van der Waals surface area contributed by atoms with Crippen LogP contribution in [0.25, 0.3) is 0 Å². The molecule has 0 spiro atoms. The monoisotopic (exact) mass is 300 g/mol. The predicted molar refractivity (Wildman–Crippen MR) is 86.3 cm³/mol. The van der Waals surface area contributed by atoms with Crippen molar-refractivity contribution in [3.05, 3.63) is 11.6 Å². The molecule has 3 fully saturated rings. The van der Waals surface area contributed by atoms with E-state index in [4.69, 9.17) is 0 Å². The van der Waals surface area contributed by atoms with Crippen molar-refractivity contribution in [1.29, 1.82) is 0 Å². The van der Waals surface area contributed by atoms with E-state index in [0.717, 1.165) is 32.1 Å². The normalized spacial score (nSPS) is 51.0. The first-order valence-electron chi connectivity index (χ1n) is 9.14. The summed E-state index contributed by atoms with van der Waals surface area (Å²) >= 11 is 0. The van der Waals surface area contributed by atoms with Crippen LogP contribution < -0.4 is 0 Å². The lowest BCUT2D eigenvalue weighted by molar-refractivity contribution is -0.133. The molecule has 0 N–H and O–H groups in total. The van der Waals surface area contributed by atoms with E-state index in [0.29, 0.717) is 29.3 Å². The van der Waals surface area contributed by atoms with E-state index in [1.54, 1.807) is 0 Å². The van der Waals surface area contributed by atoms with E-state index >= 15 is 0 Å². The molecule has 4 rings (SSSR count). The van der Waals surface area contributed by atoms with Gasteiger partial charge in [0, 0.05) is 17.8 Å². The molecular formula is C20H28O2. The number of ketones is 2. The average molecular weight is 300 g/mol. The molecule has 0 bridgehead atoms. The number of hydrogen-bond acceptors (Lipinski definition) is 2. The maximum atomic E-state index is 12.4. The molecule has 0 unspecified atom stereocenters. The minimum Gasteiger partial charge on any atom is -0.299 e. The highest BCUT2D eigenvalue weighted by Gasteiger charge is 2.59. The van der Waals surface area contributed by atoms with Crippen molar-refractivity contribution in [2.45, 2.75) is 65.7 Å². The zero-order valence-electron chi connectivity index (χ0n) is 14.2. The van der Waals surface area contributed by atoms with E-state index in [1.807, 2.05) is 6.08 Å². The van der Waals surface area contributed by atoms with Crippen molar-refractivity contribution in [2.75, 3.05) is 0 Å². The van der Waals surface area contributed by atoms with Crippen LogP contribution in [0.1, 0.15) is 65.7 Å². The first-order chi connectivity index (χ1) is 10.4. The number of Topliss-reactive ketones (excluding diaryl/α,β-unsaturated/α-hetero) is 1. The maximum absolute atomic E-state index is 12.4. The van der Waals surface area contributed by atoms with Crippen LogP contribution in [0.2, 0.25) is 0 Å². The second-order valence-electron chi connectivity index (χ2n) is 8.93.